The van der Waals surface area contributed by atoms with Gasteiger partial charge in [-0.3, -0.25) is 0 Å². The van der Waals surface area contributed by atoms with Crippen LogP contribution >= 0.6 is 0 Å². The SMILES string of the molecule is CCOc1ccc(S(=O)(=O)N2CC[NH+](Cc3ccccc3OCC)CC2)cc1. The third-order valence-corrected chi connectivity index (χ3v) is 6.83. The minimum atomic E-state index is -3.47. The summed E-state index contributed by atoms with van der Waals surface area (Å²) in [6.45, 7) is 8.50. The van der Waals surface area contributed by atoms with E-state index in [-0.39, 0.29) is 0 Å². The second-order valence-electron chi connectivity index (χ2n) is 6.78. The van der Waals surface area contributed by atoms with Crippen molar-refractivity contribution in [2.45, 2.75) is 25.3 Å². The molecule has 1 heterocycles. The van der Waals surface area contributed by atoms with Crippen LogP contribution in [-0.4, -0.2) is 52.1 Å². The number of hydrogen-bond acceptors (Lipinski definition) is 4. The third-order valence-electron chi connectivity index (χ3n) is 4.91. The maximum atomic E-state index is 12.9. The topological polar surface area (TPSA) is 60.3 Å². The first kappa shape index (κ1) is 20.6. The van der Waals surface area contributed by atoms with Gasteiger partial charge in [0.25, 0.3) is 0 Å². The molecule has 0 aliphatic carbocycles. The lowest BCUT2D eigenvalue weighted by molar-refractivity contribution is -0.917. The van der Waals surface area contributed by atoms with E-state index in [1.165, 1.54) is 10.5 Å². The van der Waals surface area contributed by atoms with Gasteiger partial charge in [0, 0.05) is 5.56 Å². The molecule has 0 unspecified atom stereocenters. The third kappa shape index (κ3) is 4.84. The fourth-order valence-electron chi connectivity index (χ4n) is 3.46. The summed E-state index contributed by atoms with van der Waals surface area (Å²) in [6.07, 6.45) is 0. The maximum Gasteiger partial charge on any atom is 0.243 e. The van der Waals surface area contributed by atoms with Gasteiger partial charge in [-0.25, -0.2) is 8.42 Å². The smallest absolute Gasteiger partial charge is 0.243 e. The van der Waals surface area contributed by atoms with Gasteiger partial charge < -0.3 is 14.4 Å². The average molecular weight is 406 g/mol. The van der Waals surface area contributed by atoms with Gasteiger partial charge in [0.15, 0.2) is 0 Å². The number of ether oxygens (including phenoxy) is 2. The van der Waals surface area contributed by atoms with Crippen LogP contribution in [0.15, 0.2) is 53.4 Å². The molecule has 7 heteroatoms. The van der Waals surface area contributed by atoms with Gasteiger partial charge in [0.05, 0.1) is 44.3 Å². The van der Waals surface area contributed by atoms with Crippen LogP contribution in [0.4, 0.5) is 0 Å². The molecule has 0 amide bonds. The van der Waals surface area contributed by atoms with Crippen molar-refractivity contribution in [3.63, 3.8) is 0 Å². The van der Waals surface area contributed by atoms with Crippen LogP contribution in [0.3, 0.4) is 0 Å². The number of rotatable bonds is 8. The molecular weight excluding hydrogens is 376 g/mol. The summed E-state index contributed by atoms with van der Waals surface area (Å²) in [7, 11) is -3.47. The van der Waals surface area contributed by atoms with Gasteiger partial charge in [-0.15, -0.1) is 0 Å². The van der Waals surface area contributed by atoms with Crippen LogP contribution in [0, 0.1) is 0 Å². The molecule has 28 heavy (non-hydrogen) atoms. The number of nitrogens with zero attached hydrogens (tertiary/aromatic N) is 1. The van der Waals surface area contributed by atoms with Gasteiger partial charge in [-0.2, -0.15) is 4.31 Å². The number of nitrogens with one attached hydrogen (secondary N) is 1. The highest BCUT2D eigenvalue weighted by Crippen LogP contribution is 2.20. The predicted molar refractivity (Wildman–Crippen MR) is 108 cm³/mol. The first-order valence-electron chi connectivity index (χ1n) is 9.82. The minimum absolute atomic E-state index is 0.320. The highest BCUT2D eigenvalue weighted by atomic mass is 32.2. The van der Waals surface area contributed by atoms with E-state index in [1.54, 1.807) is 28.6 Å². The number of sulfonamides is 1. The van der Waals surface area contributed by atoms with Crippen molar-refractivity contribution in [1.29, 1.82) is 0 Å². The average Bonchev–Trinajstić information content (AvgIpc) is 2.71. The summed E-state index contributed by atoms with van der Waals surface area (Å²) in [5.74, 6) is 1.60. The summed E-state index contributed by atoms with van der Waals surface area (Å²) in [4.78, 5) is 1.69. The Morgan fingerprint density at radius 3 is 2.21 bits per heavy atom. The van der Waals surface area contributed by atoms with Crippen LogP contribution in [0.5, 0.6) is 11.5 Å². The molecule has 0 saturated carbocycles. The molecule has 1 saturated heterocycles. The molecule has 3 rings (SSSR count). The second-order valence-corrected chi connectivity index (χ2v) is 8.71. The Morgan fingerprint density at radius 2 is 1.57 bits per heavy atom. The van der Waals surface area contributed by atoms with E-state index in [1.807, 2.05) is 32.0 Å². The van der Waals surface area contributed by atoms with Crippen molar-refractivity contribution in [1.82, 2.24) is 4.31 Å². The van der Waals surface area contributed by atoms with Crippen molar-refractivity contribution in [2.75, 3.05) is 39.4 Å². The van der Waals surface area contributed by atoms with Crippen LogP contribution in [0.1, 0.15) is 19.4 Å². The van der Waals surface area contributed by atoms with Crippen molar-refractivity contribution in [3.8, 4) is 11.5 Å². The Balaban J connectivity index is 1.61. The highest BCUT2D eigenvalue weighted by molar-refractivity contribution is 7.89. The number of piperazine rings is 1. The highest BCUT2D eigenvalue weighted by Gasteiger charge is 2.30. The van der Waals surface area contributed by atoms with E-state index in [0.29, 0.717) is 36.9 Å². The molecule has 0 atom stereocenters. The molecular formula is C21H29N2O4S+. The van der Waals surface area contributed by atoms with E-state index < -0.39 is 10.0 Å². The first-order valence-corrected chi connectivity index (χ1v) is 11.3. The van der Waals surface area contributed by atoms with Gasteiger partial charge in [0.1, 0.15) is 18.0 Å². The summed E-state index contributed by atoms with van der Waals surface area (Å²) >= 11 is 0. The second kappa shape index (κ2) is 9.41. The molecule has 1 N–H and O–H groups in total. The summed E-state index contributed by atoms with van der Waals surface area (Å²) in [5.41, 5.74) is 1.17. The van der Waals surface area contributed by atoms with Gasteiger partial charge in [0.2, 0.25) is 10.0 Å². The normalized spacial score (nSPS) is 16.1. The van der Waals surface area contributed by atoms with Crippen LogP contribution in [-0.2, 0) is 16.6 Å². The Kier molecular flexibility index (Phi) is 6.93. The quantitative estimate of drug-likeness (QED) is 0.724. The van der Waals surface area contributed by atoms with Gasteiger partial charge in [-0.1, -0.05) is 12.1 Å². The summed E-state index contributed by atoms with van der Waals surface area (Å²) < 4.78 is 38.5. The number of quaternary nitrogens is 1. The molecule has 0 bridgehead atoms. The summed E-state index contributed by atoms with van der Waals surface area (Å²) in [5, 5.41) is 0. The zero-order chi connectivity index (χ0) is 20.0. The van der Waals surface area contributed by atoms with E-state index in [4.69, 9.17) is 9.47 Å². The van der Waals surface area contributed by atoms with Gasteiger partial charge in [-0.05, 0) is 50.2 Å². The van der Waals surface area contributed by atoms with E-state index in [0.717, 1.165) is 25.4 Å². The molecule has 1 fully saturated rings. The van der Waals surface area contributed by atoms with Crippen LogP contribution in [0.2, 0.25) is 0 Å². The zero-order valence-electron chi connectivity index (χ0n) is 16.6. The lowest BCUT2D eigenvalue weighted by Gasteiger charge is -2.31. The Morgan fingerprint density at radius 1 is 0.929 bits per heavy atom. The molecule has 1 aliphatic heterocycles. The lowest BCUT2D eigenvalue weighted by Crippen LogP contribution is -3.13. The standard InChI is InChI=1S/C21H28N2O4S/c1-3-26-19-9-11-20(12-10-19)28(24,25)23-15-13-22(14-16-23)17-18-7-5-6-8-21(18)27-4-2/h5-12H,3-4,13-17H2,1-2H3/p+1. The maximum absolute atomic E-state index is 12.9. The Labute approximate surface area is 167 Å². The van der Waals surface area contributed by atoms with Crippen LogP contribution < -0.4 is 14.4 Å². The minimum Gasteiger partial charge on any atom is -0.494 e. The zero-order valence-corrected chi connectivity index (χ0v) is 17.4. The predicted octanol–water partition coefficient (Wildman–Crippen LogP) is 1.57. The number of hydrogen-bond donors (Lipinski definition) is 1. The molecule has 2 aromatic carbocycles. The Bertz CT molecular complexity index is 860. The Hall–Kier alpha value is -2.09. The fraction of sp³-hybridized carbons (Fsp3) is 0.429. The first-order chi connectivity index (χ1) is 13.5. The number of benzene rings is 2. The van der Waals surface area contributed by atoms with E-state index >= 15 is 0 Å². The van der Waals surface area contributed by atoms with E-state index in [2.05, 4.69) is 6.07 Å². The molecule has 2 aromatic rings. The monoisotopic (exact) mass is 405 g/mol. The fourth-order valence-corrected chi connectivity index (χ4v) is 4.90. The van der Waals surface area contributed by atoms with Crippen molar-refractivity contribution in [3.05, 3.63) is 54.1 Å². The van der Waals surface area contributed by atoms with Crippen molar-refractivity contribution in [2.24, 2.45) is 0 Å². The molecule has 0 spiro atoms. The van der Waals surface area contributed by atoms with Crippen molar-refractivity contribution < 1.29 is 22.8 Å². The van der Waals surface area contributed by atoms with Crippen molar-refractivity contribution >= 4 is 10.0 Å². The molecule has 1 aliphatic rings. The molecule has 0 aromatic heterocycles. The van der Waals surface area contributed by atoms with E-state index in [9.17, 15) is 8.42 Å². The molecule has 6 nitrogen and oxygen atoms in total. The summed E-state index contributed by atoms with van der Waals surface area (Å²) in [6, 6.07) is 14.7. The number of para-hydroxylation sites is 1. The largest absolute Gasteiger partial charge is 0.494 e. The molecule has 0 radical (unpaired) electrons. The van der Waals surface area contributed by atoms with Gasteiger partial charge >= 0.3 is 0 Å². The molecule has 152 valence electrons. The lowest BCUT2D eigenvalue weighted by atomic mass is 10.2. The van der Waals surface area contributed by atoms with Crippen LogP contribution in [0.25, 0.3) is 0 Å².